The van der Waals surface area contributed by atoms with Gasteiger partial charge in [-0.05, 0) is 38.0 Å². The summed E-state index contributed by atoms with van der Waals surface area (Å²) >= 11 is 0. The van der Waals surface area contributed by atoms with Crippen molar-refractivity contribution in [1.82, 2.24) is 14.8 Å². The predicted molar refractivity (Wildman–Crippen MR) is 112 cm³/mol. The number of nitro groups is 1. The molecule has 0 spiro atoms. The number of hydrogen-bond acceptors (Lipinski definition) is 6. The molecule has 10 heteroatoms. The largest absolute Gasteiger partial charge is 0.311 e. The normalized spacial score (nSPS) is 14.0. The molecule has 4 rings (SSSR count). The van der Waals surface area contributed by atoms with E-state index in [-0.39, 0.29) is 10.6 Å². The SMILES string of the molecule is Cc1ccc(S(=O)(=O)Nc2cccc(-c3nnc4n3CCCCC4)c2)cc1[N+](=O)[O-]. The first-order valence-corrected chi connectivity index (χ1v) is 11.1. The number of nitrogens with one attached hydrogen (secondary N) is 1. The van der Waals surface area contributed by atoms with Crippen LogP contribution in [0.1, 0.15) is 30.7 Å². The van der Waals surface area contributed by atoms with Crippen LogP contribution in [0.25, 0.3) is 11.4 Å². The minimum atomic E-state index is -3.99. The van der Waals surface area contributed by atoms with E-state index in [2.05, 4.69) is 19.5 Å². The third-order valence-electron chi connectivity index (χ3n) is 5.17. The van der Waals surface area contributed by atoms with Crippen molar-refractivity contribution < 1.29 is 13.3 Å². The van der Waals surface area contributed by atoms with Gasteiger partial charge in [-0.2, -0.15) is 0 Å². The second-order valence-electron chi connectivity index (χ2n) is 7.29. The van der Waals surface area contributed by atoms with Gasteiger partial charge in [-0.3, -0.25) is 14.8 Å². The van der Waals surface area contributed by atoms with Crippen molar-refractivity contribution in [3.05, 3.63) is 64.0 Å². The van der Waals surface area contributed by atoms with E-state index in [0.717, 1.165) is 49.7 Å². The molecule has 156 valence electrons. The minimum Gasteiger partial charge on any atom is -0.311 e. The van der Waals surface area contributed by atoms with Crippen molar-refractivity contribution in [1.29, 1.82) is 0 Å². The van der Waals surface area contributed by atoms with Crippen molar-refractivity contribution in [2.45, 2.75) is 44.0 Å². The van der Waals surface area contributed by atoms with Gasteiger partial charge in [0, 0.05) is 35.8 Å². The summed E-state index contributed by atoms with van der Waals surface area (Å²) in [6.07, 6.45) is 4.16. The Morgan fingerprint density at radius 2 is 1.93 bits per heavy atom. The van der Waals surface area contributed by atoms with E-state index in [9.17, 15) is 18.5 Å². The molecule has 1 N–H and O–H groups in total. The third-order valence-corrected chi connectivity index (χ3v) is 6.55. The van der Waals surface area contributed by atoms with Crippen LogP contribution in [0.3, 0.4) is 0 Å². The fraction of sp³-hybridized carbons (Fsp3) is 0.300. The second kappa shape index (κ2) is 7.86. The molecule has 30 heavy (non-hydrogen) atoms. The smallest absolute Gasteiger partial charge is 0.273 e. The molecule has 0 aliphatic carbocycles. The number of benzene rings is 2. The number of aryl methyl sites for hydroxylation is 2. The fourth-order valence-electron chi connectivity index (χ4n) is 3.59. The summed E-state index contributed by atoms with van der Waals surface area (Å²) in [5.74, 6) is 1.65. The molecular formula is C20H21N5O4S. The highest BCUT2D eigenvalue weighted by atomic mass is 32.2. The van der Waals surface area contributed by atoms with E-state index in [1.165, 1.54) is 12.1 Å². The Kier molecular flexibility index (Phi) is 5.25. The topological polar surface area (TPSA) is 120 Å². The Bertz CT molecular complexity index is 1220. The van der Waals surface area contributed by atoms with E-state index < -0.39 is 14.9 Å². The van der Waals surface area contributed by atoms with E-state index in [1.807, 2.05) is 6.07 Å². The molecule has 3 aromatic rings. The van der Waals surface area contributed by atoms with Crippen molar-refractivity contribution in [3.8, 4) is 11.4 Å². The number of fused-ring (bicyclic) bond motifs is 1. The lowest BCUT2D eigenvalue weighted by Gasteiger charge is -2.11. The van der Waals surface area contributed by atoms with Crippen LogP contribution in [0.4, 0.5) is 11.4 Å². The van der Waals surface area contributed by atoms with Gasteiger partial charge in [0.05, 0.1) is 9.82 Å². The van der Waals surface area contributed by atoms with Crippen LogP contribution >= 0.6 is 0 Å². The van der Waals surface area contributed by atoms with E-state index in [1.54, 1.807) is 25.1 Å². The molecule has 9 nitrogen and oxygen atoms in total. The van der Waals surface area contributed by atoms with Crippen LogP contribution < -0.4 is 4.72 Å². The number of nitro benzene ring substituents is 1. The number of aromatic nitrogens is 3. The number of nitrogens with zero attached hydrogens (tertiary/aromatic N) is 4. The van der Waals surface area contributed by atoms with Crippen LogP contribution in [-0.2, 0) is 23.0 Å². The monoisotopic (exact) mass is 427 g/mol. The Hall–Kier alpha value is -3.27. The first-order chi connectivity index (χ1) is 14.3. The Morgan fingerprint density at radius 1 is 1.10 bits per heavy atom. The van der Waals surface area contributed by atoms with Gasteiger partial charge in [0.2, 0.25) is 0 Å². The second-order valence-corrected chi connectivity index (χ2v) is 8.98. The molecule has 1 aliphatic rings. The standard InChI is InChI=1S/C20H21N5O4S/c1-14-9-10-17(13-18(14)25(26)27)30(28,29)23-16-7-5-6-15(12-16)20-22-21-19-8-3-2-4-11-24(19)20/h5-7,9-10,12-13,23H,2-4,8,11H2,1H3. The van der Waals surface area contributed by atoms with E-state index >= 15 is 0 Å². The van der Waals surface area contributed by atoms with Crippen molar-refractivity contribution in [2.24, 2.45) is 0 Å². The lowest BCUT2D eigenvalue weighted by Crippen LogP contribution is -2.13. The molecule has 0 unspecified atom stereocenters. The molecule has 0 amide bonds. The quantitative estimate of drug-likeness (QED) is 0.490. The maximum Gasteiger partial charge on any atom is 0.273 e. The van der Waals surface area contributed by atoms with Crippen LogP contribution in [0, 0.1) is 17.0 Å². The van der Waals surface area contributed by atoms with Gasteiger partial charge in [0.15, 0.2) is 5.82 Å². The number of hydrogen-bond donors (Lipinski definition) is 1. The van der Waals surface area contributed by atoms with Crippen molar-refractivity contribution >= 4 is 21.4 Å². The van der Waals surface area contributed by atoms with Gasteiger partial charge in [-0.15, -0.1) is 10.2 Å². The molecule has 1 aliphatic heterocycles. The summed E-state index contributed by atoms with van der Waals surface area (Å²) in [5.41, 5.74) is 1.26. The summed E-state index contributed by atoms with van der Waals surface area (Å²) in [7, 11) is -3.99. The van der Waals surface area contributed by atoms with Crippen LogP contribution in [0.5, 0.6) is 0 Å². The predicted octanol–water partition coefficient (Wildman–Crippen LogP) is 3.69. The molecule has 1 aromatic heterocycles. The zero-order valence-electron chi connectivity index (χ0n) is 16.4. The highest BCUT2D eigenvalue weighted by Crippen LogP contribution is 2.27. The zero-order chi connectivity index (χ0) is 21.3. The zero-order valence-corrected chi connectivity index (χ0v) is 17.2. The van der Waals surface area contributed by atoms with Gasteiger partial charge in [0.25, 0.3) is 15.7 Å². The van der Waals surface area contributed by atoms with Crippen LogP contribution in [0.2, 0.25) is 0 Å². The molecule has 0 fully saturated rings. The Morgan fingerprint density at radius 3 is 2.73 bits per heavy atom. The highest BCUT2D eigenvalue weighted by Gasteiger charge is 2.21. The number of anilines is 1. The summed E-state index contributed by atoms with van der Waals surface area (Å²) in [6.45, 7) is 2.40. The minimum absolute atomic E-state index is 0.165. The maximum absolute atomic E-state index is 12.8. The first kappa shape index (κ1) is 20.0. The molecular weight excluding hydrogens is 406 g/mol. The Labute approximate surface area is 174 Å². The number of rotatable bonds is 5. The van der Waals surface area contributed by atoms with Gasteiger partial charge in [-0.1, -0.05) is 24.6 Å². The van der Waals surface area contributed by atoms with Gasteiger partial charge in [-0.25, -0.2) is 8.42 Å². The van der Waals surface area contributed by atoms with E-state index in [0.29, 0.717) is 17.1 Å². The third kappa shape index (κ3) is 3.90. The highest BCUT2D eigenvalue weighted by molar-refractivity contribution is 7.92. The molecule has 2 aromatic carbocycles. The lowest BCUT2D eigenvalue weighted by molar-refractivity contribution is -0.385. The fourth-order valence-corrected chi connectivity index (χ4v) is 4.66. The summed E-state index contributed by atoms with van der Waals surface area (Å²) < 4.78 is 30.2. The molecule has 0 saturated heterocycles. The first-order valence-electron chi connectivity index (χ1n) is 9.65. The molecule has 0 radical (unpaired) electrons. The average Bonchev–Trinajstić information content (AvgIpc) is 2.96. The number of sulfonamides is 1. The van der Waals surface area contributed by atoms with Crippen LogP contribution in [0.15, 0.2) is 47.4 Å². The lowest BCUT2D eigenvalue weighted by atomic mass is 10.2. The maximum atomic E-state index is 12.8. The summed E-state index contributed by atoms with van der Waals surface area (Å²) in [6, 6.07) is 10.8. The van der Waals surface area contributed by atoms with Gasteiger partial charge >= 0.3 is 0 Å². The van der Waals surface area contributed by atoms with Crippen molar-refractivity contribution in [2.75, 3.05) is 4.72 Å². The average molecular weight is 427 g/mol. The molecule has 2 heterocycles. The summed E-state index contributed by atoms with van der Waals surface area (Å²) in [4.78, 5) is 10.4. The molecule has 0 atom stereocenters. The van der Waals surface area contributed by atoms with Gasteiger partial charge in [0.1, 0.15) is 5.82 Å². The Balaban J connectivity index is 1.65. The summed E-state index contributed by atoms with van der Waals surface area (Å²) in [5, 5.41) is 19.7. The van der Waals surface area contributed by atoms with E-state index in [4.69, 9.17) is 0 Å². The van der Waals surface area contributed by atoms with Crippen molar-refractivity contribution in [3.63, 3.8) is 0 Å². The van der Waals surface area contributed by atoms with Crippen LogP contribution in [-0.4, -0.2) is 28.1 Å². The molecule has 0 saturated carbocycles. The molecule has 0 bridgehead atoms. The van der Waals surface area contributed by atoms with Gasteiger partial charge < -0.3 is 4.57 Å².